The molecule has 7 nitrogen and oxygen atoms in total. The molecule has 0 amide bonds. The van der Waals surface area contributed by atoms with E-state index in [1.54, 1.807) is 0 Å². The Balaban J connectivity index is 0. The molecule has 0 fully saturated rings. The van der Waals surface area contributed by atoms with Gasteiger partial charge in [0.1, 0.15) is 0 Å². The van der Waals surface area contributed by atoms with Crippen molar-refractivity contribution in [1.29, 1.82) is 0 Å². The van der Waals surface area contributed by atoms with E-state index < -0.39 is 18.1 Å². The van der Waals surface area contributed by atoms with Gasteiger partial charge >= 0.3 is 18.1 Å². The van der Waals surface area contributed by atoms with Crippen molar-refractivity contribution in [1.82, 2.24) is 0 Å². The van der Waals surface area contributed by atoms with E-state index in [9.17, 15) is 9.59 Å². The zero-order valence-corrected chi connectivity index (χ0v) is 7.34. The number of hydrogen-bond acceptors (Lipinski definition) is 3. The molecule has 0 aromatic rings. The first-order valence-corrected chi connectivity index (χ1v) is 3.71. The molecule has 0 radical (unpaired) electrons. The van der Waals surface area contributed by atoms with Crippen molar-refractivity contribution >= 4 is 18.1 Å². The summed E-state index contributed by atoms with van der Waals surface area (Å²) in [7, 11) is 0. The lowest BCUT2D eigenvalue weighted by Gasteiger charge is -1.92. The van der Waals surface area contributed by atoms with Crippen LogP contribution >= 0.6 is 0 Å². The first-order chi connectivity index (χ1) is 6.36. The Labute approximate surface area is 79.6 Å². The van der Waals surface area contributed by atoms with Crippen LogP contribution in [-0.4, -0.2) is 38.5 Å². The molecule has 0 aromatic heterocycles. The Kier molecular flexibility index (Phi) is 9.78. The quantitative estimate of drug-likeness (QED) is 0.494. The minimum absolute atomic E-state index is 0.0628. The molecule has 0 unspecified atom stereocenters. The first-order valence-electron chi connectivity index (χ1n) is 3.71. The van der Waals surface area contributed by atoms with Crippen molar-refractivity contribution in [3.8, 4) is 0 Å². The molecule has 0 aliphatic carbocycles. The molecule has 0 bridgehead atoms. The van der Waals surface area contributed by atoms with Crippen LogP contribution in [0.3, 0.4) is 0 Å². The fourth-order valence-corrected chi connectivity index (χ4v) is 0.552. The fourth-order valence-electron chi connectivity index (χ4n) is 0.552. The maximum absolute atomic E-state index is 9.90. The molecular weight excluding hydrogens is 196 g/mol. The average Bonchev–Trinajstić information content (AvgIpc) is 1.96. The van der Waals surface area contributed by atoms with E-state index in [1.807, 2.05) is 0 Å². The highest BCUT2D eigenvalue weighted by Crippen LogP contribution is 1.98. The van der Waals surface area contributed by atoms with Crippen molar-refractivity contribution in [2.75, 3.05) is 0 Å². The number of unbranched alkanes of at least 4 members (excludes halogenated alkanes) is 1. The van der Waals surface area contributed by atoms with Crippen LogP contribution in [0.5, 0.6) is 0 Å². The molecule has 0 saturated carbocycles. The molecule has 0 heterocycles. The van der Waals surface area contributed by atoms with Gasteiger partial charge in [-0.15, -0.1) is 0 Å². The summed E-state index contributed by atoms with van der Waals surface area (Å²) < 4.78 is 0. The summed E-state index contributed by atoms with van der Waals surface area (Å²) in [5.41, 5.74) is 0. The smallest absolute Gasteiger partial charge is 0.481 e. The minimum atomic E-state index is -1.83. The molecule has 0 aromatic carbocycles. The third-order valence-corrected chi connectivity index (χ3v) is 1.03. The Morgan fingerprint density at radius 2 is 0.929 bits per heavy atom. The average molecular weight is 208 g/mol. The van der Waals surface area contributed by atoms with Crippen molar-refractivity contribution in [2.24, 2.45) is 0 Å². The maximum Gasteiger partial charge on any atom is 0.503 e. The standard InChI is InChI=1S/C6H10O4.CH2O3/c7-5(8)3-1-2-4-6(9)10;2-1(3)4/h1-4H2,(H,7,8)(H,9,10);(H2,2,3,4). The topological polar surface area (TPSA) is 132 Å². The lowest BCUT2D eigenvalue weighted by molar-refractivity contribution is -0.139. The summed E-state index contributed by atoms with van der Waals surface area (Å²) in [5, 5.41) is 30.2. The van der Waals surface area contributed by atoms with Crippen molar-refractivity contribution in [2.45, 2.75) is 25.7 Å². The molecule has 0 atom stereocenters. The summed E-state index contributed by atoms with van der Waals surface area (Å²) in [4.78, 5) is 28.3. The molecule has 0 aliphatic rings. The molecule has 0 spiro atoms. The van der Waals surface area contributed by atoms with Crippen molar-refractivity contribution < 1.29 is 34.8 Å². The molecule has 0 rings (SSSR count). The van der Waals surface area contributed by atoms with Crippen LogP contribution in [0, 0.1) is 0 Å². The van der Waals surface area contributed by atoms with Gasteiger partial charge in [-0.1, -0.05) is 0 Å². The Morgan fingerprint density at radius 3 is 1.07 bits per heavy atom. The first kappa shape index (κ1) is 14.7. The van der Waals surface area contributed by atoms with Gasteiger partial charge in [-0.2, -0.15) is 0 Å². The number of hydrogen-bond donors (Lipinski definition) is 4. The second-order valence-electron chi connectivity index (χ2n) is 2.28. The summed E-state index contributed by atoms with van der Waals surface area (Å²) >= 11 is 0. The highest BCUT2D eigenvalue weighted by atomic mass is 16.6. The van der Waals surface area contributed by atoms with Crippen LogP contribution < -0.4 is 0 Å². The van der Waals surface area contributed by atoms with E-state index >= 15 is 0 Å². The van der Waals surface area contributed by atoms with Crippen LogP contribution in [0.2, 0.25) is 0 Å². The third kappa shape index (κ3) is 31.9. The number of rotatable bonds is 5. The largest absolute Gasteiger partial charge is 0.503 e. The van der Waals surface area contributed by atoms with Crippen molar-refractivity contribution in [3.63, 3.8) is 0 Å². The molecular formula is C7H12O7. The summed E-state index contributed by atoms with van der Waals surface area (Å²) in [5.74, 6) is -1.74. The second-order valence-corrected chi connectivity index (χ2v) is 2.28. The minimum Gasteiger partial charge on any atom is -0.481 e. The van der Waals surface area contributed by atoms with Gasteiger partial charge in [0.15, 0.2) is 0 Å². The summed E-state index contributed by atoms with van der Waals surface area (Å²) in [6.45, 7) is 0. The number of carboxylic acid groups (broad SMARTS) is 4. The van der Waals surface area contributed by atoms with Crippen molar-refractivity contribution in [3.05, 3.63) is 0 Å². The molecule has 82 valence electrons. The molecule has 7 heteroatoms. The predicted molar refractivity (Wildman–Crippen MR) is 44.4 cm³/mol. The normalized spacial score (nSPS) is 8.29. The van der Waals surface area contributed by atoms with E-state index in [0.717, 1.165) is 0 Å². The third-order valence-electron chi connectivity index (χ3n) is 1.03. The van der Waals surface area contributed by atoms with Crippen LogP contribution in [0.4, 0.5) is 4.79 Å². The Hall–Kier alpha value is -1.79. The zero-order valence-electron chi connectivity index (χ0n) is 7.34. The van der Waals surface area contributed by atoms with Crippen LogP contribution in [0.15, 0.2) is 0 Å². The lowest BCUT2D eigenvalue weighted by atomic mass is 10.2. The number of carbonyl (C=O) groups is 3. The maximum atomic E-state index is 9.90. The van der Waals surface area contributed by atoms with Gasteiger partial charge in [0.2, 0.25) is 0 Å². The van der Waals surface area contributed by atoms with Crippen LogP contribution in [-0.2, 0) is 9.59 Å². The molecule has 4 N–H and O–H groups in total. The number of aliphatic carboxylic acids is 2. The summed E-state index contributed by atoms with van der Waals surface area (Å²) in [6.07, 6.45) is -0.816. The second kappa shape index (κ2) is 9.30. The van der Waals surface area contributed by atoms with Gasteiger partial charge in [-0.3, -0.25) is 9.59 Å². The van der Waals surface area contributed by atoms with Gasteiger partial charge in [0, 0.05) is 12.8 Å². The highest BCUT2D eigenvalue weighted by molar-refractivity contribution is 5.67. The predicted octanol–water partition coefficient (Wildman–Crippen LogP) is 0.938. The van der Waals surface area contributed by atoms with Crippen LogP contribution in [0.25, 0.3) is 0 Å². The van der Waals surface area contributed by atoms with E-state index in [-0.39, 0.29) is 12.8 Å². The van der Waals surface area contributed by atoms with Gasteiger partial charge in [0.25, 0.3) is 0 Å². The SMILES string of the molecule is O=C(O)CCCCC(=O)O.O=C(O)O. The van der Waals surface area contributed by atoms with E-state index in [1.165, 1.54) is 0 Å². The monoisotopic (exact) mass is 208 g/mol. The fraction of sp³-hybridized carbons (Fsp3) is 0.571. The molecule has 14 heavy (non-hydrogen) atoms. The Morgan fingerprint density at radius 1 is 0.714 bits per heavy atom. The number of carboxylic acids is 2. The highest BCUT2D eigenvalue weighted by Gasteiger charge is 1.99. The van der Waals surface area contributed by atoms with Crippen LogP contribution in [0.1, 0.15) is 25.7 Å². The zero-order chi connectivity index (χ0) is 11.6. The lowest BCUT2D eigenvalue weighted by Crippen LogP contribution is -1.97. The molecule has 0 aliphatic heterocycles. The van der Waals surface area contributed by atoms with Gasteiger partial charge in [-0.05, 0) is 12.8 Å². The van der Waals surface area contributed by atoms with E-state index in [2.05, 4.69) is 0 Å². The van der Waals surface area contributed by atoms with Gasteiger partial charge < -0.3 is 20.4 Å². The van der Waals surface area contributed by atoms with E-state index in [4.69, 9.17) is 25.2 Å². The van der Waals surface area contributed by atoms with Gasteiger partial charge in [0.05, 0.1) is 0 Å². The Bertz CT molecular complexity index is 178. The summed E-state index contributed by atoms with van der Waals surface area (Å²) in [6, 6.07) is 0. The molecule has 0 saturated heterocycles. The van der Waals surface area contributed by atoms with Gasteiger partial charge in [-0.25, -0.2) is 4.79 Å². The van der Waals surface area contributed by atoms with E-state index in [0.29, 0.717) is 12.8 Å².